The number of hydrogen-bond acceptors (Lipinski definition) is 4. The molecule has 0 fully saturated rings. The molecule has 0 radical (unpaired) electrons. The molecule has 14 heavy (non-hydrogen) atoms. The lowest BCUT2D eigenvalue weighted by Gasteiger charge is -2.07. The van der Waals surface area contributed by atoms with Gasteiger partial charge in [-0.05, 0) is 22.4 Å². The monoisotopic (exact) mass is 258 g/mol. The Bertz CT molecular complexity index is 290. The summed E-state index contributed by atoms with van der Waals surface area (Å²) >= 11 is 3.40. The third-order valence-corrected chi connectivity index (χ3v) is 2.37. The molecule has 4 nitrogen and oxygen atoms in total. The van der Waals surface area contributed by atoms with E-state index in [4.69, 9.17) is 0 Å². The van der Waals surface area contributed by atoms with E-state index in [0.717, 1.165) is 23.3 Å². The van der Waals surface area contributed by atoms with Gasteiger partial charge < -0.3 is 10.6 Å². The highest BCUT2D eigenvalue weighted by Crippen LogP contribution is 2.19. The molecule has 0 saturated heterocycles. The Hall–Kier alpha value is -0.840. The lowest BCUT2D eigenvalue weighted by atomic mass is 10.3. The van der Waals surface area contributed by atoms with Gasteiger partial charge in [0.25, 0.3) is 0 Å². The van der Waals surface area contributed by atoms with Crippen molar-refractivity contribution in [2.75, 3.05) is 24.2 Å². The van der Waals surface area contributed by atoms with Crippen LogP contribution in [0.15, 0.2) is 10.7 Å². The molecule has 1 aromatic heterocycles. The summed E-state index contributed by atoms with van der Waals surface area (Å²) in [4.78, 5) is 8.36. The molecule has 0 aromatic carbocycles. The van der Waals surface area contributed by atoms with Crippen LogP contribution in [0.5, 0.6) is 0 Å². The molecule has 5 heteroatoms. The van der Waals surface area contributed by atoms with Gasteiger partial charge >= 0.3 is 0 Å². The van der Waals surface area contributed by atoms with Crippen molar-refractivity contribution < 1.29 is 0 Å². The number of nitrogens with one attached hydrogen (secondary N) is 2. The van der Waals surface area contributed by atoms with E-state index < -0.39 is 0 Å². The maximum Gasteiger partial charge on any atom is 0.224 e. The molecule has 1 aromatic rings. The number of nitrogens with zero attached hydrogens (tertiary/aromatic N) is 2. The predicted molar refractivity (Wildman–Crippen MR) is 62.7 cm³/mol. The number of halogens is 1. The molecule has 0 aliphatic rings. The zero-order chi connectivity index (χ0) is 10.4. The molecule has 0 aliphatic carbocycles. The van der Waals surface area contributed by atoms with Crippen molar-refractivity contribution in [2.24, 2.45) is 0 Å². The number of anilines is 2. The molecule has 0 atom stereocenters. The third-order valence-electron chi connectivity index (χ3n) is 1.79. The first-order valence-corrected chi connectivity index (χ1v) is 5.51. The Kier molecular flexibility index (Phi) is 4.65. The normalized spacial score (nSPS) is 9.93. The molecule has 0 aliphatic heterocycles. The molecule has 0 bridgehead atoms. The van der Waals surface area contributed by atoms with Crippen LogP contribution >= 0.6 is 15.9 Å². The van der Waals surface area contributed by atoms with Crippen molar-refractivity contribution in [3.8, 4) is 0 Å². The fraction of sp³-hybridized carbons (Fsp3) is 0.556. The van der Waals surface area contributed by atoms with Gasteiger partial charge in [-0.2, -0.15) is 4.98 Å². The van der Waals surface area contributed by atoms with Gasteiger partial charge in [-0.1, -0.05) is 13.3 Å². The second-order valence-corrected chi connectivity index (χ2v) is 3.77. The van der Waals surface area contributed by atoms with Gasteiger partial charge in [0.1, 0.15) is 5.82 Å². The molecule has 1 rings (SSSR count). The second kappa shape index (κ2) is 5.80. The SMILES string of the molecule is CCCCNc1nc(NC)ncc1Br. The molecule has 0 saturated carbocycles. The highest BCUT2D eigenvalue weighted by molar-refractivity contribution is 9.10. The number of rotatable bonds is 5. The fourth-order valence-electron chi connectivity index (χ4n) is 0.995. The molecule has 1 heterocycles. The minimum atomic E-state index is 0.632. The predicted octanol–water partition coefficient (Wildman–Crippen LogP) is 2.49. The molecule has 2 N–H and O–H groups in total. The Morgan fingerprint density at radius 3 is 2.93 bits per heavy atom. The largest absolute Gasteiger partial charge is 0.369 e. The summed E-state index contributed by atoms with van der Waals surface area (Å²) in [5, 5.41) is 6.15. The third kappa shape index (κ3) is 3.14. The molecule has 0 unspecified atom stereocenters. The van der Waals surface area contributed by atoms with E-state index >= 15 is 0 Å². The number of unbranched alkanes of at least 4 members (excludes halogenated alkanes) is 1. The first kappa shape index (κ1) is 11.2. The highest BCUT2D eigenvalue weighted by atomic mass is 79.9. The van der Waals surface area contributed by atoms with E-state index in [2.05, 4.69) is 43.5 Å². The van der Waals surface area contributed by atoms with Gasteiger partial charge in [0.2, 0.25) is 5.95 Å². The van der Waals surface area contributed by atoms with Gasteiger partial charge in [0, 0.05) is 19.8 Å². The number of aromatic nitrogens is 2. The van der Waals surface area contributed by atoms with Crippen molar-refractivity contribution >= 4 is 27.7 Å². The Balaban J connectivity index is 2.64. The Morgan fingerprint density at radius 1 is 1.50 bits per heavy atom. The summed E-state index contributed by atoms with van der Waals surface area (Å²) < 4.78 is 0.896. The first-order valence-electron chi connectivity index (χ1n) is 4.72. The average molecular weight is 259 g/mol. The molecular weight excluding hydrogens is 244 g/mol. The molecule has 0 amide bonds. The van der Waals surface area contributed by atoms with Crippen molar-refractivity contribution in [2.45, 2.75) is 19.8 Å². The van der Waals surface area contributed by atoms with Gasteiger partial charge in [-0.3, -0.25) is 0 Å². The maximum absolute atomic E-state index is 4.28. The topological polar surface area (TPSA) is 49.8 Å². The average Bonchev–Trinajstić information content (AvgIpc) is 2.21. The zero-order valence-corrected chi connectivity index (χ0v) is 10.1. The summed E-state index contributed by atoms with van der Waals surface area (Å²) in [5.41, 5.74) is 0. The Morgan fingerprint density at radius 2 is 2.29 bits per heavy atom. The molecule has 0 spiro atoms. The van der Waals surface area contributed by atoms with Crippen LogP contribution in [0, 0.1) is 0 Å². The summed E-state index contributed by atoms with van der Waals surface area (Å²) in [5.74, 6) is 1.48. The first-order chi connectivity index (χ1) is 6.77. The van der Waals surface area contributed by atoms with E-state index in [0.29, 0.717) is 5.95 Å². The van der Waals surface area contributed by atoms with Crippen molar-refractivity contribution in [3.63, 3.8) is 0 Å². The van der Waals surface area contributed by atoms with Crippen LogP contribution in [-0.4, -0.2) is 23.6 Å². The Labute approximate surface area is 92.7 Å². The minimum Gasteiger partial charge on any atom is -0.369 e. The quantitative estimate of drug-likeness (QED) is 0.797. The van der Waals surface area contributed by atoms with E-state index in [9.17, 15) is 0 Å². The summed E-state index contributed by atoms with van der Waals surface area (Å²) in [7, 11) is 1.80. The van der Waals surface area contributed by atoms with Crippen molar-refractivity contribution in [1.82, 2.24) is 9.97 Å². The lowest BCUT2D eigenvalue weighted by molar-refractivity contribution is 0.830. The lowest BCUT2D eigenvalue weighted by Crippen LogP contribution is -2.06. The van der Waals surface area contributed by atoms with Gasteiger partial charge in [-0.25, -0.2) is 4.98 Å². The fourth-order valence-corrected chi connectivity index (χ4v) is 1.33. The van der Waals surface area contributed by atoms with E-state index in [1.54, 1.807) is 13.2 Å². The van der Waals surface area contributed by atoms with Crippen LogP contribution in [0.2, 0.25) is 0 Å². The highest BCUT2D eigenvalue weighted by Gasteiger charge is 2.02. The molecular formula is C9H15BrN4. The van der Waals surface area contributed by atoms with E-state index in [1.807, 2.05) is 0 Å². The minimum absolute atomic E-state index is 0.632. The van der Waals surface area contributed by atoms with Crippen molar-refractivity contribution in [1.29, 1.82) is 0 Å². The van der Waals surface area contributed by atoms with E-state index in [1.165, 1.54) is 6.42 Å². The zero-order valence-electron chi connectivity index (χ0n) is 8.47. The van der Waals surface area contributed by atoms with Gasteiger partial charge in [0.05, 0.1) is 4.47 Å². The van der Waals surface area contributed by atoms with Crippen LogP contribution in [0.4, 0.5) is 11.8 Å². The summed E-state index contributed by atoms with van der Waals surface area (Å²) in [6.07, 6.45) is 4.06. The standard InChI is InChI=1S/C9H15BrN4/c1-3-4-5-12-8-7(10)6-13-9(11-2)14-8/h6H,3-5H2,1-2H3,(H2,11,12,13,14). The van der Waals surface area contributed by atoms with Crippen LogP contribution in [0.3, 0.4) is 0 Å². The molecule has 78 valence electrons. The van der Waals surface area contributed by atoms with Crippen molar-refractivity contribution in [3.05, 3.63) is 10.7 Å². The van der Waals surface area contributed by atoms with Crippen LogP contribution in [0.1, 0.15) is 19.8 Å². The smallest absolute Gasteiger partial charge is 0.224 e. The van der Waals surface area contributed by atoms with Crippen LogP contribution < -0.4 is 10.6 Å². The summed E-state index contributed by atoms with van der Waals surface area (Å²) in [6, 6.07) is 0. The summed E-state index contributed by atoms with van der Waals surface area (Å²) in [6.45, 7) is 3.10. The second-order valence-electron chi connectivity index (χ2n) is 2.92. The van der Waals surface area contributed by atoms with Crippen LogP contribution in [-0.2, 0) is 0 Å². The van der Waals surface area contributed by atoms with Crippen LogP contribution in [0.25, 0.3) is 0 Å². The van der Waals surface area contributed by atoms with E-state index in [-0.39, 0.29) is 0 Å². The number of hydrogen-bond donors (Lipinski definition) is 2. The maximum atomic E-state index is 4.28. The van der Waals surface area contributed by atoms with Gasteiger partial charge in [0.15, 0.2) is 0 Å². The van der Waals surface area contributed by atoms with Gasteiger partial charge in [-0.15, -0.1) is 0 Å².